The van der Waals surface area contributed by atoms with Gasteiger partial charge in [0, 0.05) is 25.2 Å². The van der Waals surface area contributed by atoms with Gasteiger partial charge in [0.15, 0.2) is 0 Å². The third kappa shape index (κ3) is 3.15. The van der Waals surface area contributed by atoms with Crippen molar-refractivity contribution in [3.8, 4) is 0 Å². The third-order valence-electron chi connectivity index (χ3n) is 2.12. The highest BCUT2D eigenvalue weighted by atomic mass is 19.4. The van der Waals surface area contributed by atoms with Crippen LogP contribution in [0.15, 0.2) is 0 Å². The molecular weight excluding hydrogens is 181 g/mol. The molecular formula is C8H15F3N2. The van der Waals surface area contributed by atoms with E-state index in [4.69, 9.17) is 0 Å². The maximum atomic E-state index is 12.2. The Morgan fingerprint density at radius 1 is 1.38 bits per heavy atom. The van der Waals surface area contributed by atoms with Gasteiger partial charge in [-0.05, 0) is 6.42 Å². The summed E-state index contributed by atoms with van der Waals surface area (Å²) in [5, 5.41) is 3.10. The van der Waals surface area contributed by atoms with Crippen molar-refractivity contribution in [2.45, 2.75) is 38.7 Å². The second-order valence-corrected chi connectivity index (χ2v) is 3.72. The summed E-state index contributed by atoms with van der Waals surface area (Å²) in [4.78, 5) is 0.563. The van der Waals surface area contributed by atoms with Gasteiger partial charge < -0.3 is 5.32 Å². The van der Waals surface area contributed by atoms with Crippen LogP contribution in [0.4, 0.5) is 13.2 Å². The summed E-state index contributed by atoms with van der Waals surface area (Å²) in [5.74, 6) is 0. The lowest BCUT2D eigenvalue weighted by molar-refractivity contribution is -0.238. The summed E-state index contributed by atoms with van der Waals surface area (Å²) < 4.78 is 36.5. The van der Waals surface area contributed by atoms with E-state index in [1.165, 1.54) is 0 Å². The first-order chi connectivity index (χ1) is 5.89. The molecule has 5 heteroatoms. The molecule has 0 aromatic rings. The number of rotatable bonds is 2. The van der Waals surface area contributed by atoms with Crippen LogP contribution in [-0.4, -0.2) is 36.4 Å². The van der Waals surface area contributed by atoms with Gasteiger partial charge in [-0.25, -0.2) is 4.90 Å². The van der Waals surface area contributed by atoms with Crippen LogP contribution in [0, 0.1) is 0 Å². The van der Waals surface area contributed by atoms with E-state index < -0.39 is 6.30 Å². The molecule has 78 valence electrons. The molecule has 1 saturated heterocycles. The van der Waals surface area contributed by atoms with Gasteiger partial charge >= 0.3 is 6.30 Å². The minimum absolute atomic E-state index is 0.0124. The van der Waals surface area contributed by atoms with Crippen LogP contribution in [0.25, 0.3) is 0 Å². The number of likely N-dealkylation sites (tertiary alicyclic amines) is 1. The molecule has 1 aliphatic heterocycles. The second-order valence-electron chi connectivity index (χ2n) is 3.72. The number of halogens is 3. The lowest BCUT2D eigenvalue weighted by atomic mass is 10.2. The van der Waals surface area contributed by atoms with E-state index in [0.29, 0.717) is 11.3 Å². The van der Waals surface area contributed by atoms with Crippen LogP contribution in [0.3, 0.4) is 0 Å². The molecule has 0 spiro atoms. The predicted molar refractivity (Wildman–Crippen MR) is 44.3 cm³/mol. The first-order valence-corrected chi connectivity index (χ1v) is 4.47. The Morgan fingerprint density at radius 3 is 2.38 bits per heavy atom. The molecule has 0 bridgehead atoms. The maximum absolute atomic E-state index is 12.2. The van der Waals surface area contributed by atoms with Gasteiger partial charge in [0.2, 0.25) is 0 Å². The molecule has 13 heavy (non-hydrogen) atoms. The Labute approximate surface area is 76.1 Å². The highest BCUT2D eigenvalue weighted by molar-refractivity contribution is 4.82. The smallest absolute Gasteiger partial charge is 0.310 e. The van der Waals surface area contributed by atoms with Crippen molar-refractivity contribution in [2.75, 3.05) is 13.1 Å². The van der Waals surface area contributed by atoms with Crippen molar-refractivity contribution in [1.29, 1.82) is 0 Å². The number of nitrogens with one attached hydrogen (secondary N) is 1. The second kappa shape index (κ2) is 3.84. The molecule has 2 nitrogen and oxygen atoms in total. The van der Waals surface area contributed by atoms with Crippen molar-refractivity contribution >= 4 is 0 Å². The lowest BCUT2D eigenvalue weighted by Gasteiger charge is -2.20. The predicted octanol–water partition coefficient (Wildman–Crippen LogP) is 1.58. The molecule has 1 atom stereocenters. The van der Waals surface area contributed by atoms with Gasteiger partial charge in [-0.15, -0.1) is 0 Å². The average Bonchev–Trinajstić information content (AvgIpc) is 2.32. The van der Waals surface area contributed by atoms with Gasteiger partial charge in [0.25, 0.3) is 0 Å². The number of alkyl halides is 3. The quantitative estimate of drug-likeness (QED) is 0.674. The molecule has 0 aliphatic carbocycles. The van der Waals surface area contributed by atoms with Gasteiger partial charge in [-0.2, -0.15) is 13.2 Å². The number of hydrogen-bond donors (Lipinski definition) is 1. The van der Waals surface area contributed by atoms with E-state index in [1.807, 2.05) is 13.8 Å². The third-order valence-corrected chi connectivity index (χ3v) is 2.12. The fourth-order valence-corrected chi connectivity index (χ4v) is 1.60. The van der Waals surface area contributed by atoms with Gasteiger partial charge in [0.05, 0.1) is 0 Å². The topological polar surface area (TPSA) is 15.3 Å². The van der Waals surface area contributed by atoms with E-state index in [2.05, 4.69) is 5.32 Å². The average molecular weight is 196 g/mol. The standard InChI is InChI=1S/C8H15F3N2/c1-6(2)12-7-3-4-13(5-7)8(9,10)11/h6-7,12H,3-5H2,1-2H3. The Morgan fingerprint density at radius 2 is 2.00 bits per heavy atom. The van der Waals surface area contributed by atoms with Crippen LogP contribution in [-0.2, 0) is 0 Å². The Bertz CT molecular complexity index is 167. The van der Waals surface area contributed by atoms with Crippen LogP contribution < -0.4 is 5.32 Å². The molecule has 0 saturated carbocycles. The monoisotopic (exact) mass is 196 g/mol. The molecule has 1 N–H and O–H groups in total. The Kier molecular flexibility index (Phi) is 3.18. The largest absolute Gasteiger partial charge is 0.459 e. The summed E-state index contributed by atoms with van der Waals surface area (Å²) >= 11 is 0. The fraction of sp³-hybridized carbons (Fsp3) is 1.00. The molecule has 0 amide bonds. The van der Waals surface area contributed by atoms with E-state index in [9.17, 15) is 13.2 Å². The zero-order valence-electron chi connectivity index (χ0n) is 7.86. The minimum atomic E-state index is -4.16. The summed E-state index contributed by atoms with van der Waals surface area (Å²) in [5.41, 5.74) is 0. The van der Waals surface area contributed by atoms with E-state index >= 15 is 0 Å². The van der Waals surface area contributed by atoms with E-state index in [1.54, 1.807) is 0 Å². The van der Waals surface area contributed by atoms with Crippen LogP contribution >= 0.6 is 0 Å². The lowest BCUT2D eigenvalue weighted by Crippen LogP contribution is -2.41. The van der Waals surface area contributed by atoms with Crippen LogP contribution in [0.1, 0.15) is 20.3 Å². The van der Waals surface area contributed by atoms with Crippen molar-refractivity contribution in [3.05, 3.63) is 0 Å². The summed E-state index contributed by atoms with van der Waals surface area (Å²) in [6, 6.07) is 0.236. The summed E-state index contributed by atoms with van der Waals surface area (Å²) in [6.45, 7) is 4.09. The van der Waals surface area contributed by atoms with Crippen molar-refractivity contribution < 1.29 is 13.2 Å². The zero-order chi connectivity index (χ0) is 10.1. The maximum Gasteiger partial charge on any atom is 0.459 e. The number of nitrogens with zero attached hydrogens (tertiary/aromatic N) is 1. The van der Waals surface area contributed by atoms with E-state index in [-0.39, 0.29) is 25.2 Å². The fourth-order valence-electron chi connectivity index (χ4n) is 1.60. The summed E-state index contributed by atoms with van der Waals surface area (Å²) in [6.07, 6.45) is -3.58. The van der Waals surface area contributed by atoms with Gasteiger partial charge in [-0.1, -0.05) is 13.8 Å². The molecule has 1 heterocycles. The van der Waals surface area contributed by atoms with E-state index in [0.717, 1.165) is 0 Å². The van der Waals surface area contributed by atoms with Crippen LogP contribution in [0.2, 0.25) is 0 Å². The van der Waals surface area contributed by atoms with Crippen molar-refractivity contribution in [1.82, 2.24) is 10.2 Å². The van der Waals surface area contributed by atoms with Gasteiger partial charge in [-0.3, -0.25) is 0 Å². The zero-order valence-corrected chi connectivity index (χ0v) is 7.86. The van der Waals surface area contributed by atoms with Crippen molar-refractivity contribution in [3.63, 3.8) is 0 Å². The Hall–Kier alpha value is -0.290. The first-order valence-electron chi connectivity index (χ1n) is 4.47. The molecule has 1 aliphatic rings. The molecule has 1 fully saturated rings. The van der Waals surface area contributed by atoms with Crippen molar-refractivity contribution in [2.24, 2.45) is 0 Å². The molecule has 0 aromatic heterocycles. The van der Waals surface area contributed by atoms with Crippen LogP contribution in [0.5, 0.6) is 0 Å². The molecule has 0 radical (unpaired) electrons. The first kappa shape index (κ1) is 10.8. The Balaban J connectivity index is 2.36. The molecule has 1 rings (SSSR count). The molecule has 1 unspecified atom stereocenters. The summed E-state index contributed by atoms with van der Waals surface area (Å²) in [7, 11) is 0. The minimum Gasteiger partial charge on any atom is -0.310 e. The highest BCUT2D eigenvalue weighted by Gasteiger charge is 2.41. The highest BCUT2D eigenvalue weighted by Crippen LogP contribution is 2.25. The van der Waals surface area contributed by atoms with Gasteiger partial charge in [0.1, 0.15) is 0 Å². The normalized spacial score (nSPS) is 25.8. The number of hydrogen-bond acceptors (Lipinski definition) is 2. The SMILES string of the molecule is CC(C)NC1CCN(C(F)(F)F)C1. The molecule has 0 aromatic carbocycles.